The molecule has 2 aromatic carbocycles. The van der Waals surface area contributed by atoms with Crippen LogP contribution in [0.5, 0.6) is 5.75 Å². The Balaban J connectivity index is 2.07. The number of methoxy groups -OCH3 is 1. The van der Waals surface area contributed by atoms with Crippen molar-refractivity contribution < 1.29 is 14.3 Å². The third-order valence-electron chi connectivity index (χ3n) is 4.20. The number of hydrogen-bond acceptors (Lipinski definition) is 3. The van der Waals surface area contributed by atoms with E-state index in [1.54, 1.807) is 18.1 Å². The molecular formula is C20H24N2O3. The number of amides is 2. The van der Waals surface area contributed by atoms with Crippen molar-refractivity contribution in [2.45, 2.75) is 27.2 Å². The first kappa shape index (κ1) is 18.5. The number of carbonyl (C=O) groups is 2. The van der Waals surface area contributed by atoms with Gasteiger partial charge in [-0.3, -0.25) is 9.59 Å². The second kappa shape index (κ2) is 8.33. The predicted molar refractivity (Wildman–Crippen MR) is 100 cm³/mol. The van der Waals surface area contributed by atoms with Gasteiger partial charge in [0.15, 0.2) is 0 Å². The van der Waals surface area contributed by atoms with Gasteiger partial charge in [-0.1, -0.05) is 24.3 Å². The number of anilines is 2. The highest BCUT2D eigenvalue weighted by Crippen LogP contribution is 2.28. The Kier molecular flexibility index (Phi) is 6.17. The molecule has 0 aliphatic heterocycles. The minimum absolute atomic E-state index is 0.130. The Hall–Kier alpha value is -2.82. The SMILES string of the molecule is COc1ccccc1N(CCC(=O)Nc1cccc(C)c1C)C(C)=O. The van der Waals surface area contributed by atoms with E-state index in [1.165, 1.54) is 6.92 Å². The van der Waals surface area contributed by atoms with Crippen LogP contribution in [0.3, 0.4) is 0 Å². The summed E-state index contributed by atoms with van der Waals surface area (Å²) in [5.74, 6) is 0.339. The van der Waals surface area contributed by atoms with Crippen molar-refractivity contribution >= 4 is 23.2 Å². The molecule has 2 rings (SSSR count). The van der Waals surface area contributed by atoms with Crippen LogP contribution in [0, 0.1) is 13.8 Å². The van der Waals surface area contributed by atoms with Crippen molar-refractivity contribution in [1.29, 1.82) is 0 Å². The molecule has 0 bridgehead atoms. The molecule has 0 radical (unpaired) electrons. The van der Waals surface area contributed by atoms with Crippen molar-refractivity contribution in [3.05, 3.63) is 53.6 Å². The maximum Gasteiger partial charge on any atom is 0.226 e. The van der Waals surface area contributed by atoms with Crippen LogP contribution in [-0.2, 0) is 9.59 Å². The summed E-state index contributed by atoms with van der Waals surface area (Å²) < 4.78 is 5.31. The van der Waals surface area contributed by atoms with Crippen LogP contribution >= 0.6 is 0 Å². The largest absolute Gasteiger partial charge is 0.495 e. The minimum Gasteiger partial charge on any atom is -0.495 e. The van der Waals surface area contributed by atoms with Gasteiger partial charge in [0.05, 0.1) is 12.8 Å². The lowest BCUT2D eigenvalue weighted by molar-refractivity contribution is -0.117. The summed E-state index contributed by atoms with van der Waals surface area (Å²) in [6.45, 7) is 5.74. The first-order chi connectivity index (χ1) is 11.9. The normalized spacial score (nSPS) is 10.2. The van der Waals surface area contributed by atoms with Crippen LogP contribution in [0.2, 0.25) is 0 Å². The van der Waals surface area contributed by atoms with Gasteiger partial charge in [0.2, 0.25) is 11.8 Å². The van der Waals surface area contributed by atoms with Gasteiger partial charge in [0.25, 0.3) is 0 Å². The number of nitrogens with zero attached hydrogens (tertiary/aromatic N) is 1. The Morgan fingerprint density at radius 1 is 1.08 bits per heavy atom. The van der Waals surface area contributed by atoms with Crippen molar-refractivity contribution in [2.24, 2.45) is 0 Å². The van der Waals surface area contributed by atoms with E-state index in [0.717, 1.165) is 16.8 Å². The maximum atomic E-state index is 12.3. The quantitative estimate of drug-likeness (QED) is 0.872. The molecule has 0 unspecified atom stereocenters. The molecular weight excluding hydrogens is 316 g/mol. The van der Waals surface area contributed by atoms with E-state index in [1.807, 2.05) is 50.2 Å². The van der Waals surface area contributed by atoms with Gasteiger partial charge in [-0.05, 0) is 43.2 Å². The molecule has 132 valence electrons. The number of hydrogen-bond donors (Lipinski definition) is 1. The predicted octanol–water partition coefficient (Wildman–Crippen LogP) is 3.69. The third kappa shape index (κ3) is 4.59. The van der Waals surface area contributed by atoms with Crippen LogP contribution in [0.1, 0.15) is 24.5 Å². The summed E-state index contributed by atoms with van der Waals surface area (Å²) >= 11 is 0. The number of para-hydroxylation sites is 2. The van der Waals surface area contributed by atoms with Gasteiger partial charge < -0.3 is 15.0 Å². The molecule has 0 spiro atoms. The topological polar surface area (TPSA) is 58.6 Å². The second-order valence-corrected chi connectivity index (χ2v) is 5.89. The summed E-state index contributed by atoms with van der Waals surface area (Å²) in [5.41, 5.74) is 3.63. The molecule has 0 aliphatic rings. The molecule has 5 heteroatoms. The van der Waals surface area contributed by atoms with Crippen LogP contribution in [0.15, 0.2) is 42.5 Å². The summed E-state index contributed by atoms with van der Waals surface area (Å²) in [7, 11) is 1.56. The van der Waals surface area contributed by atoms with Crippen molar-refractivity contribution in [3.8, 4) is 5.75 Å². The van der Waals surface area contributed by atoms with Gasteiger partial charge in [-0.15, -0.1) is 0 Å². The lowest BCUT2D eigenvalue weighted by Gasteiger charge is -2.23. The Morgan fingerprint density at radius 2 is 1.80 bits per heavy atom. The molecule has 0 aromatic heterocycles. The Bertz CT molecular complexity index is 771. The molecule has 0 fully saturated rings. The lowest BCUT2D eigenvalue weighted by atomic mass is 10.1. The standard InChI is InChI=1S/C20H24N2O3/c1-14-8-7-9-17(15(14)2)21-20(24)12-13-22(16(3)23)18-10-5-6-11-19(18)25-4/h5-11H,12-13H2,1-4H3,(H,21,24). The Labute approximate surface area is 148 Å². The van der Waals surface area contributed by atoms with Gasteiger partial charge in [-0.2, -0.15) is 0 Å². The van der Waals surface area contributed by atoms with Crippen molar-refractivity contribution in [3.63, 3.8) is 0 Å². The average Bonchev–Trinajstić information content (AvgIpc) is 2.59. The van der Waals surface area contributed by atoms with Crippen molar-refractivity contribution in [2.75, 3.05) is 23.9 Å². The summed E-state index contributed by atoms with van der Waals surface area (Å²) in [6, 6.07) is 13.1. The molecule has 0 atom stereocenters. The highest BCUT2D eigenvalue weighted by Gasteiger charge is 2.17. The summed E-state index contributed by atoms with van der Waals surface area (Å²) in [4.78, 5) is 25.9. The molecule has 0 saturated carbocycles. The average molecular weight is 340 g/mol. The van der Waals surface area contributed by atoms with Crippen LogP contribution in [0.4, 0.5) is 11.4 Å². The zero-order chi connectivity index (χ0) is 18.4. The highest BCUT2D eigenvalue weighted by molar-refractivity contribution is 5.96. The molecule has 0 heterocycles. The van der Waals surface area contributed by atoms with Gasteiger partial charge in [-0.25, -0.2) is 0 Å². The third-order valence-corrected chi connectivity index (χ3v) is 4.20. The van der Waals surface area contributed by atoms with E-state index in [4.69, 9.17) is 4.74 Å². The number of aryl methyl sites for hydroxylation is 1. The Morgan fingerprint density at radius 3 is 2.48 bits per heavy atom. The first-order valence-electron chi connectivity index (χ1n) is 8.21. The number of ether oxygens (including phenoxy) is 1. The smallest absolute Gasteiger partial charge is 0.226 e. The van der Waals surface area contributed by atoms with Crippen LogP contribution in [-0.4, -0.2) is 25.5 Å². The van der Waals surface area contributed by atoms with E-state index in [0.29, 0.717) is 11.4 Å². The van der Waals surface area contributed by atoms with Crippen molar-refractivity contribution in [1.82, 2.24) is 0 Å². The first-order valence-corrected chi connectivity index (χ1v) is 8.21. The number of nitrogens with one attached hydrogen (secondary N) is 1. The molecule has 2 amide bonds. The van der Waals surface area contributed by atoms with E-state index in [2.05, 4.69) is 5.32 Å². The zero-order valence-corrected chi connectivity index (χ0v) is 15.1. The van der Waals surface area contributed by atoms with Gasteiger partial charge >= 0.3 is 0 Å². The molecule has 0 saturated heterocycles. The number of rotatable bonds is 6. The van der Waals surface area contributed by atoms with E-state index in [9.17, 15) is 9.59 Å². The molecule has 1 N–H and O–H groups in total. The maximum absolute atomic E-state index is 12.3. The zero-order valence-electron chi connectivity index (χ0n) is 15.1. The molecule has 0 aliphatic carbocycles. The van der Waals surface area contributed by atoms with E-state index in [-0.39, 0.29) is 24.8 Å². The highest BCUT2D eigenvalue weighted by atomic mass is 16.5. The van der Waals surface area contributed by atoms with Crippen LogP contribution < -0.4 is 15.0 Å². The number of carbonyl (C=O) groups excluding carboxylic acids is 2. The fourth-order valence-corrected chi connectivity index (χ4v) is 2.61. The summed E-state index contributed by atoms with van der Waals surface area (Å²) in [5, 5.41) is 2.92. The lowest BCUT2D eigenvalue weighted by Crippen LogP contribution is -2.32. The second-order valence-electron chi connectivity index (χ2n) is 5.89. The van der Waals surface area contributed by atoms with E-state index < -0.39 is 0 Å². The van der Waals surface area contributed by atoms with E-state index >= 15 is 0 Å². The fourth-order valence-electron chi connectivity index (χ4n) is 2.61. The summed E-state index contributed by atoms with van der Waals surface area (Å²) in [6.07, 6.45) is 0.199. The number of benzene rings is 2. The molecule has 25 heavy (non-hydrogen) atoms. The van der Waals surface area contributed by atoms with Crippen LogP contribution in [0.25, 0.3) is 0 Å². The molecule has 5 nitrogen and oxygen atoms in total. The minimum atomic E-state index is -0.135. The monoisotopic (exact) mass is 340 g/mol. The molecule has 2 aromatic rings. The van der Waals surface area contributed by atoms with Gasteiger partial charge in [0.1, 0.15) is 5.75 Å². The fraction of sp³-hybridized carbons (Fsp3) is 0.300. The van der Waals surface area contributed by atoms with Gasteiger partial charge in [0, 0.05) is 25.6 Å².